The molecule has 1 unspecified atom stereocenters. The van der Waals surface area contributed by atoms with Crippen molar-refractivity contribution in [3.8, 4) is 0 Å². The minimum Gasteiger partial charge on any atom is -0.469 e. The fourth-order valence-electron chi connectivity index (χ4n) is 1.46. The molecule has 0 aliphatic carbocycles. The number of nitrogens with one attached hydrogen (secondary N) is 1. The van der Waals surface area contributed by atoms with Gasteiger partial charge in [0.1, 0.15) is 0 Å². The highest BCUT2D eigenvalue weighted by Gasteiger charge is 2.22. The molecule has 0 aromatic rings. The number of rotatable bonds is 6. The quantitative estimate of drug-likeness (QED) is 0.561. The summed E-state index contributed by atoms with van der Waals surface area (Å²) in [6, 6.07) is 0. The van der Waals surface area contributed by atoms with Crippen molar-refractivity contribution in [2.75, 3.05) is 20.2 Å². The van der Waals surface area contributed by atoms with Crippen LogP contribution in [0.15, 0.2) is 0 Å². The molecule has 96 valence electrons. The van der Waals surface area contributed by atoms with E-state index < -0.39 is 0 Å². The summed E-state index contributed by atoms with van der Waals surface area (Å²) < 4.78 is 4.79. The second-order valence-corrected chi connectivity index (χ2v) is 5.89. The lowest BCUT2D eigenvalue weighted by Gasteiger charge is -2.21. The molecule has 0 fully saturated rings. The van der Waals surface area contributed by atoms with Gasteiger partial charge in [0.05, 0.1) is 13.0 Å². The third-order valence-corrected chi connectivity index (χ3v) is 2.72. The van der Waals surface area contributed by atoms with Gasteiger partial charge in [-0.3, -0.25) is 4.79 Å². The molecule has 0 heterocycles. The van der Waals surface area contributed by atoms with E-state index in [1.807, 2.05) is 13.8 Å². The summed E-state index contributed by atoms with van der Waals surface area (Å²) in [4.78, 5) is 11.5. The molecule has 0 spiro atoms. The number of hydrogen-bond donors (Lipinski definition) is 1. The Hall–Kier alpha value is -0.570. The van der Waals surface area contributed by atoms with Crippen molar-refractivity contribution in [1.29, 1.82) is 0 Å². The van der Waals surface area contributed by atoms with Crippen LogP contribution in [0, 0.1) is 17.3 Å². The maximum atomic E-state index is 11.5. The van der Waals surface area contributed by atoms with E-state index in [1.165, 1.54) is 7.11 Å². The Morgan fingerprint density at radius 3 is 2.25 bits per heavy atom. The first-order chi connectivity index (χ1) is 7.28. The number of methoxy groups -OCH3 is 1. The molecule has 3 heteroatoms. The monoisotopic (exact) mass is 229 g/mol. The van der Waals surface area contributed by atoms with Crippen LogP contribution in [0.4, 0.5) is 0 Å². The van der Waals surface area contributed by atoms with Gasteiger partial charge in [0.25, 0.3) is 0 Å². The van der Waals surface area contributed by atoms with Crippen LogP contribution in [0.2, 0.25) is 0 Å². The van der Waals surface area contributed by atoms with Gasteiger partial charge in [-0.1, -0.05) is 34.6 Å². The van der Waals surface area contributed by atoms with Crippen LogP contribution in [-0.2, 0) is 9.53 Å². The molecule has 0 aromatic heterocycles. The van der Waals surface area contributed by atoms with Gasteiger partial charge in [-0.25, -0.2) is 0 Å². The minimum absolute atomic E-state index is 0.0371. The number of carbonyl (C=O) groups is 1. The molecule has 1 atom stereocenters. The first-order valence-electron chi connectivity index (χ1n) is 6.06. The number of hydrogen-bond acceptors (Lipinski definition) is 3. The van der Waals surface area contributed by atoms with Crippen molar-refractivity contribution < 1.29 is 9.53 Å². The van der Waals surface area contributed by atoms with Crippen LogP contribution in [0.25, 0.3) is 0 Å². The van der Waals surface area contributed by atoms with E-state index >= 15 is 0 Å². The van der Waals surface area contributed by atoms with Crippen LogP contribution in [0.3, 0.4) is 0 Å². The third kappa shape index (κ3) is 6.83. The zero-order valence-corrected chi connectivity index (χ0v) is 11.6. The van der Waals surface area contributed by atoms with Crippen LogP contribution in [0.1, 0.15) is 41.0 Å². The molecular weight excluding hydrogens is 202 g/mol. The van der Waals surface area contributed by atoms with Crippen molar-refractivity contribution in [3.63, 3.8) is 0 Å². The fourth-order valence-corrected chi connectivity index (χ4v) is 1.46. The Morgan fingerprint density at radius 1 is 1.31 bits per heavy atom. The normalized spacial score (nSPS) is 13.9. The molecule has 0 amide bonds. The van der Waals surface area contributed by atoms with Gasteiger partial charge in [-0.05, 0) is 24.3 Å². The number of carbonyl (C=O) groups excluding carboxylic acids is 1. The lowest BCUT2D eigenvalue weighted by atomic mass is 9.92. The molecule has 16 heavy (non-hydrogen) atoms. The molecule has 3 nitrogen and oxygen atoms in total. The second-order valence-electron chi connectivity index (χ2n) is 5.89. The minimum atomic E-state index is -0.113. The van der Waals surface area contributed by atoms with Gasteiger partial charge >= 0.3 is 5.97 Å². The molecule has 0 saturated carbocycles. The Labute approximate surface area is 99.9 Å². The van der Waals surface area contributed by atoms with Gasteiger partial charge in [0.15, 0.2) is 0 Å². The zero-order chi connectivity index (χ0) is 12.8. The van der Waals surface area contributed by atoms with E-state index in [2.05, 4.69) is 26.1 Å². The lowest BCUT2D eigenvalue weighted by Crippen LogP contribution is -2.34. The van der Waals surface area contributed by atoms with Crippen molar-refractivity contribution in [2.45, 2.75) is 41.0 Å². The van der Waals surface area contributed by atoms with E-state index in [-0.39, 0.29) is 11.9 Å². The number of esters is 1. The van der Waals surface area contributed by atoms with Gasteiger partial charge in [0.2, 0.25) is 0 Å². The van der Waals surface area contributed by atoms with E-state index in [0.29, 0.717) is 17.9 Å². The summed E-state index contributed by atoms with van der Waals surface area (Å²) in [7, 11) is 1.45. The van der Waals surface area contributed by atoms with Crippen molar-refractivity contribution >= 4 is 5.97 Å². The smallest absolute Gasteiger partial charge is 0.310 e. The average molecular weight is 229 g/mol. The standard InChI is InChI=1S/C13H27NO2/c1-10(2)11(12(15)16-6)9-14-8-7-13(3,4)5/h10-11,14H,7-9H2,1-6H3. The predicted octanol–water partition coefficient (Wildman–Crippen LogP) is 2.46. The topological polar surface area (TPSA) is 38.3 Å². The molecule has 0 aliphatic rings. The number of ether oxygens (including phenoxy) is 1. The van der Waals surface area contributed by atoms with Crippen molar-refractivity contribution in [1.82, 2.24) is 5.32 Å². The average Bonchev–Trinajstić information content (AvgIpc) is 2.14. The maximum Gasteiger partial charge on any atom is 0.310 e. The summed E-state index contributed by atoms with van der Waals surface area (Å²) in [5.74, 6) is 0.165. The lowest BCUT2D eigenvalue weighted by molar-refractivity contribution is -0.146. The molecule has 0 radical (unpaired) electrons. The SMILES string of the molecule is COC(=O)C(CNCCC(C)(C)C)C(C)C. The maximum absolute atomic E-state index is 11.5. The molecule has 1 N–H and O–H groups in total. The largest absolute Gasteiger partial charge is 0.469 e. The van der Waals surface area contributed by atoms with E-state index in [4.69, 9.17) is 4.74 Å². The fraction of sp³-hybridized carbons (Fsp3) is 0.923. The van der Waals surface area contributed by atoms with Crippen LogP contribution in [0.5, 0.6) is 0 Å². The van der Waals surface area contributed by atoms with E-state index in [1.54, 1.807) is 0 Å². The van der Waals surface area contributed by atoms with Crippen LogP contribution >= 0.6 is 0 Å². The van der Waals surface area contributed by atoms with Gasteiger partial charge in [0, 0.05) is 6.54 Å². The Bertz CT molecular complexity index is 206. The van der Waals surface area contributed by atoms with Crippen LogP contribution < -0.4 is 5.32 Å². The van der Waals surface area contributed by atoms with Crippen LogP contribution in [-0.4, -0.2) is 26.2 Å². The summed E-state index contributed by atoms with van der Waals surface area (Å²) in [6.07, 6.45) is 1.11. The Kier molecular flexibility index (Phi) is 6.65. The zero-order valence-electron chi connectivity index (χ0n) is 11.6. The van der Waals surface area contributed by atoms with Gasteiger partial charge in [-0.2, -0.15) is 0 Å². The van der Waals surface area contributed by atoms with Gasteiger partial charge < -0.3 is 10.1 Å². The summed E-state index contributed by atoms with van der Waals surface area (Å²) in [6.45, 7) is 12.4. The van der Waals surface area contributed by atoms with E-state index in [0.717, 1.165) is 13.0 Å². The molecule has 0 aliphatic heterocycles. The molecule has 0 bridgehead atoms. The van der Waals surface area contributed by atoms with Gasteiger partial charge in [-0.15, -0.1) is 0 Å². The molecule has 0 rings (SSSR count). The summed E-state index contributed by atoms with van der Waals surface area (Å²) >= 11 is 0. The first-order valence-corrected chi connectivity index (χ1v) is 6.06. The van der Waals surface area contributed by atoms with Crippen molar-refractivity contribution in [2.24, 2.45) is 17.3 Å². The third-order valence-electron chi connectivity index (χ3n) is 2.72. The molecule has 0 aromatic carbocycles. The molecular formula is C13H27NO2. The highest BCUT2D eigenvalue weighted by molar-refractivity contribution is 5.72. The first kappa shape index (κ1) is 15.4. The Balaban J connectivity index is 3.91. The Morgan fingerprint density at radius 2 is 1.88 bits per heavy atom. The van der Waals surface area contributed by atoms with E-state index in [9.17, 15) is 4.79 Å². The summed E-state index contributed by atoms with van der Waals surface area (Å²) in [5.41, 5.74) is 0.339. The predicted molar refractivity (Wildman–Crippen MR) is 67.3 cm³/mol. The molecule has 0 saturated heterocycles. The summed E-state index contributed by atoms with van der Waals surface area (Å²) in [5, 5.41) is 3.34. The highest BCUT2D eigenvalue weighted by Crippen LogP contribution is 2.17. The highest BCUT2D eigenvalue weighted by atomic mass is 16.5. The second kappa shape index (κ2) is 6.89. The van der Waals surface area contributed by atoms with Crippen molar-refractivity contribution in [3.05, 3.63) is 0 Å².